The Bertz CT molecular complexity index is 485. The Morgan fingerprint density at radius 3 is 2.76 bits per heavy atom. The van der Waals surface area contributed by atoms with Crippen LogP contribution in [0.25, 0.3) is 0 Å². The Hall–Kier alpha value is -0.660. The summed E-state index contributed by atoms with van der Waals surface area (Å²) in [6.07, 6.45) is -1.86. The van der Waals surface area contributed by atoms with Crippen molar-refractivity contribution in [3.63, 3.8) is 0 Å². The van der Waals surface area contributed by atoms with Crippen LogP contribution in [0, 0.1) is 5.41 Å². The zero-order valence-corrected chi connectivity index (χ0v) is 13.3. The molecule has 7 heteroatoms. The number of nitrogens with zero attached hydrogens (tertiary/aromatic N) is 1. The van der Waals surface area contributed by atoms with Crippen molar-refractivity contribution in [3.8, 4) is 0 Å². The van der Waals surface area contributed by atoms with Crippen molar-refractivity contribution in [2.24, 2.45) is 5.41 Å². The molecule has 2 rings (SSSR count). The molecule has 0 aromatic carbocycles. The number of nitrogens with one attached hydrogen (secondary N) is 1. The van der Waals surface area contributed by atoms with Gasteiger partial charge < -0.3 is 10.1 Å². The first-order valence-corrected chi connectivity index (χ1v) is 7.82. The SMILES string of the molecule is CNC1CC(C)(C)Cc2nc(CCOCC(F)(F)F)sc21. The molecule has 0 fully saturated rings. The molecule has 1 aromatic heterocycles. The van der Waals surface area contributed by atoms with Crippen LogP contribution in [-0.2, 0) is 17.6 Å². The van der Waals surface area contributed by atoms with Crippen LogP contribution in [0.4, 0.5) is 13.2 Å². The van der Waals surface area contributed by atoms with E-state index in [1.54, 1.807) is 11.3 Å². The highest BCUT2D eigenvalue weighted by molar-refractivity contribution is 7.11. The van der Waals surface area contributed by atoms with E-state index < -0.39 is 12.8 Å². The fraction of sp³-hybridized carbons (Fsp3) is 0.786. The Morgan fingerprint density at radius 2 is 2.14 bits per heavy atom. The number of fused-ring (bicyclic) bond motifs is 1. The van der Waals surface area contributed by atoms with Gasteiger partial charge >= 0.3 is 6.18 Å². The van der Waals surface area contributed by atoms with Gasteiger partial charge in [-0.25, -0.2) is 4.98 Å². The van der Waals surface area contributed by atoms with Crippen molar-refractivity contribution in [2.45, 2.75) is 45.3 Å². The molecule has 0 saturated heterocycles. The van der Waals surface area contributed by atoms with Gasteiger partial charge in [0.1, 0.15) is 6.61 Å². The van der Waals surface area contributed by atoms with Crippen LogP contribution in [0.1, 0.15) is 41.9 Å². The Kier molecular flexibility index (Phi) is 4.95. The first kappa shape index (κ1) is 16.7. The summed E-state index contributed by atoms with van der Waals surface area (Å²) in [5, 5.41) is 4.17. The lowest BCUT2D eigenvalue weighted by Gasteiger charge is -2.34. The number of ether oxygens (including phenoxy) is 1. The van der Waals surface area contributed by atoms with Gasteiger partial charge in [-0.1, -0.05) is 13.8 Å². The number of thiazole rings is 1. The van der Waals surface area contributed by atoms with E-state index in [4.69, 9.17) is 0 Å². The second kappa shape index (κ2) is 6.22. The number of rotatable bonds is 5. The van der Waals surface area contributed by atoms with Crippen LogP contribution >= 0.6 is 11.3 Å². The minimum Gasteiger partial charge on any atom is -0.372 e. The van der Waals surface area contributed by atoms with Crippen molar-refractivity contribution in [1.82, 2.24) is 10.3 Å². The summed E-state index contributed by atoms with van der Waals surface area (Å²) < 4.78 is 40.7. The van der Waals surface area contributed by atoms with Gasteiger partial charge in [0.05, 0.1) is 17.3 Å². The quantitative estimate of drug-likeness (QED) is 0.843. The molecule has 0 spiro atoms. The third kappa shape index (κ3) is 4.66. The number of alkyl halides is 3. The van der Waals surface area contributed by atoms with E-state index in [0.717, 1.165) is 23.5 Å². The minimum absolute atomic E-state index is 0.0551. The zero-order chi connectivity index (χ0) is 15.7. The monoisotopic (exact) mass is 322 g/mol. The van der Waals surface area contributed by atoms with Gasteiger partial charge in [-0.05, 0) is 25.3 Å². The molecule has 1 atom stereocenters. The summed E-state index contributed by atoms with van der Waals surface area (Å²) in [6, 6.07) is 0.283. The van der Waals surface area contributed by atoms with Crippen molar-refractivity contribution < 1.29 is 17.9 Å². The first-order valence-electron chi connectivity index (χ1n) is 7.00. The van der Waals surface area contributed by atoms with Crippen molar-refractivity contribution in [3.05, 3.63) is 15.6 Å². The van der Waals surface area contributed by atoms with Gasteiger partial charge in [0.2, 0.25) is 0 Å². The highest BCUT2D eigenvalue weighted by Crippen LogP contribution is 2.42. The molecule has 1 unspecified atom stereocenters. The molecule has 0 radical (unpaired) electrons. The molecule has 0 saturated carbocycles. The van der Waals surface area contributed by atoms with Crippen LogP contribution in [0.3, 0.4) is 0 Å². The number of hydrogen-bond donors (Lipinski definition) is 1. The first-order chi connectivity index (χ1) is 9.70. The molecule has 1 aromatic rings. The third-order valence-corrected chi connectivity index (χ3v) is 4.84. The van der Waals surface area contributed by atoms with Crippen LogP contribution in [0.15, 0.2) is 0 Å². The lowest BCUT2D eigenvalue weighted by molar-refractivity contribution is -0.173. The molecular weight excluding hydrogens is 301 g/mol. The van der Waals surface area contributed by atoms with Gasteiger partial charge in [0.15, 0.2) is 0 Å². The Labute approximate surface area is 126 Å². The average Bonchev–Trinajstić information content (AvgIpc) is 2.73. The molecule has 3 nitrogen and oxygen atoms in total. The predicted octanol–water partition coefficient (Wildman–Crippen LogP) is 3.50. The van der Waals surface area contributed by atoms with Crippen LogP contribution in [0.5, 0.6) is 0 Å². The molecule has 1 N–H and O–H groups in total. The highest BCUT2D eigenvalue weighted by Gasteiger charge is 2.34. The van der Waals surface area contributed by atoms with Gasteiger partial charge in [-0.2, -0.15) is 13.2 Å². The fourth-order valence-corrected chi connectivity index (χ4v) is 3.85. The summed E-state index contributed by atoms with van der Waals surface area (Å²) in [6.45, 7) is 3.29. The fourth-order valence-electron chi connectivity index (χ4n) is 2.67. The van der Waals surface area contributed by atoms with Crippen LogP contribution < -0.4 is 5.32 Å². The number of halogens is 3. The summed E-state index contributed by atoms with van der Waals surface area (Å²) >= 11 is 1.59. The second-order valence-corrected chi connectivity index (χ2v) is 7.34. The van der Waals surface area contributed by atoms with Gasteiger partial charge in [0.25, 0.3) is 0 Å². The van der Waals surface area contributed by atoms with Gasteiger partial charge in [0, 0.05) is 17.3 Å². The highest BCUT2D eigenvalue weighted by atomic mass is 32.1. The van der Waals surface area contributed by atoms with Crippen molar-refractivity contribution in [2.75, 3.05) is 20.3 Å². The lowest BCUT2D eigenvalue weighted by atomic mass is 9.76. The maximum atomic E-state index is 12.0. The van der Waals surface area contributed by atoms with Crippen LogP contribution in [-0.4, -0.2) is 31.4 Å². The number of hydrogen-bond acceptors (Lipinski definition) is 4. The Balaban J connectivity index is 1.97. The smallest absolute Gasteiger partial charge is 0.372 e. The molecule has 1 aliphatic rings. The molecule has 0 bridgehead atoms. The topological polar surface area (TPSA) is 34.2 Å². The number of aromatic nitrogens is 1. The largest absolute Gasteiger partial charge is 0.411 e. The zero-order valence-electron chi connectivity index (χ0n) is 12.5. The normalized spacial score (nSPS) is 21.3. The maximum Gasteiger partial charge on any atom is 0.411 e. The van der Waals surface area contributed by atoms with Gasteiger partial charge in [-0.3, -0.25) is 0 Å². The van der Waals surface area contributed by atoms with Crippen molar-refractivity contribution in [1.29, 1.82) is 0 Å². The molecule has 0 aliphatic heterocycles. The molecule has 21 heavy (non-hydrogen) atoms. The summed E-state index contributed by atoms with van der Waals surface area (Å²) in [7, 11) is 1.93. The van der Waals surface area contributed by atoms with E-state index >= 15 is 0 Å². The lowest BCUT2D eigenvalue weighted by Crippen LogP contribution is -2.30. The third-order valence-electron chi connectivity index (χ3n) is 3.57. The van der Waals surface area contributed by atoms with E-state index in [2.05, 4.69) is 28.9 Å². The summed E-state index contributed by atoms with van der Waals surface area (Å²) in [5.41, 5.74) is 1.28. The molecule has 120 valence electrons. The predicted molar refractivity (Wildman–Crippen MR) is 76.6 cm³/mol. The Morgan fingerprint density at radius 1 is 1.43 bits per heavy atom. The van der Waals surface area contributed by atoms with E-state index in [9.17, 15) is 13.2 Å². The van der Waals surface area contributed by atoms with E-state index in [0.29, 0.717) is 6.42 Å². The van der Waals surface area contributed by atoms with E-state index in [-0.39, 0.29) is 18.1 Å². The van der Waals surface area contributed by atoms with Crippen molar-refractivity contribution >= 4 is 11.3 Å². The summed E-state index contributed by atoms with van der Waals surface area (Å²) in [4.78, 5) is 5.82. The molecular formula is C14H21F3N2OS. The molecule has 0 amide bonds. The maximum absolute atomic E-state index is 12.0. The summed E-state index contributed by atoms with van der Waals surface area (Å²) in [5.74, 6) is 0. The molecule has 1 heterocycles. The molecule has 1 aliphatic carbocycles. The van der Waals surface area contributed by atoms with Gasteiger partial charge in [-0.15, -0.1) is 11.3 Å². The van der Waals surface area contributed by atoms with Crippen LogP contribution in [0.2, 0.25) is 0 Å². The van der Waals surface area contributed by atoms with E-state index in [1.807, 2.05) is 7.05 Å². The standard InChI is InChI=1S/C14H21F3N2OS/c1-13(2)6-9(18-3)12-10(7-13)19-11(21-12)4-5-20-8-14(15,16)17/h9,18H,4-8H2,1-3H3. The second-order valence-electron chi connectivity index (χ2n) is 6.22. The average molecular weight is 322 g/mol. The van der Waals surface area contributed by atoms with E-state index in [1.165, 1.54) is 4.88 Å². The minimum atomic E-state index is -4.26.